The van der Waals surface area contributed by atoms with Crippen molar-refractivity contribution < 1.29 is 19.4 Å². The Kier molecular flexibility index (Phi) is 6.91. The number of nitrogens with two attached hydrogens (primary N) is 1. The van der Waals surface area contributed by atoms with Gasteiger partial charge in [0.2, 0.25) is 5.91 Å². The average Bonchev–Trinajstić information content (AvgIpc) is 2.69. The highest BCUT2D eigenvalue weighted by Gasteiger charge is 2.22. The van der Waals surface area contributed by atoms with Crippen molar-refractivity contribution in [1.29, 1.82) is 0 Å². The van der Waals surface area contributed by atoms with Crippen LogP contribution in [0.2, 0.25) is 0 Å². The van der Waals surface area contributed by atoms with Crippen LogP contribution in [0.15, 0.2) is 36.4 Å². The third-order valence-electron chi connectivity index (χ3n) is 4.63. The Morgan fingerprint density at radius 2 is 2.10 bits per heavy atom. The van der Waals surface area contributed by atoms with Crippen molar-refractivity contribution >= 4 is 29.0 Å². The number of carbonyl (C=O) groups excluding carboxylic acids is 2. The average molecular weight is 398 g/mol. The van der Waals surface area contributed by atoms with Crippen LogP contribution in [0.1, 0.15) is 24.0 Å². The molecule has 3 rings (SSSR count). The van der Waals surface area contributed by atoms with E-state index in [0.29, 0.717) is 43.0 Å². The number of aliphatic hydroxyl groups excluding tert-OH is 1. The second-order valence-electron chi connectivity index (χ2n) is 6.81. The van der Waals surface area contributed by atoms with Gasteiger partial charge in [-0.15, -0.1) is 0 Å². The lowest BCUT2D eigenvalue weighted by atomic mass is 10.0. The first-order valence-electron chi connectivity index (χ1n) is 9.65. The molecule has 1 aliphatic heterocycles. The van der Waals surface area contributed by atoms with Gasteiger partial charge in [0.05, 0.1) is 18.0 Å². The van der Waals surface area contributed by atoms with Gasteiger partial charge in [-0.1, -0.05) is 12.1 Å². The van der Waals surface area contributed by atoms with Crippen LogP contribution >= 0.6 is 0 Å². The summed E-state index contributed by atoms with van der Waals surface area (Å²) in [6, 6.07) is 10.7. The zero-order valence-corrected chi connectivity index (χ0v) is 16.2. The van der Waals surface area contributed by atoms with Crippen molar-refractivity contribution in [2.24, 2.45) is 5.73 Å². The van der Waals surface area contributed by atoms with Crippen molar-refractivity contribution in [1.82, 2.24) is 0 Å². The highest BCUT2D eigenvalue weighted by Crippen LogP contribution is 2.37. The van der Waals surface area contributed by atoms with Crippen LogP contribution < -0.4 is 26.4 Å². The van der Waals surface area contributed by atoms with Crippen LogP contribution in [0.5, 0.6) is 5.75 Å². The summed E-state index contributed by atoms with van der Waals surface area (Å²) in [6.45, 7) is 1.38. The van der Waals surface area contributed by atoms with Crippen LogP contribution in [0.25, 0.3) is 0 Å². The van der Waals surface area contributed by atoms with Gasteiger partial charge in [-0.05, 0) is 49.1 Å². The van der Waals surface area contributed by atoms with Crippen LogP contribution in [0.3, 0.4) is 0 Å². The van der Waals surface area contributed by atoms with E-state index in [1.807, 2.05) is 24.3 Å². The summed E-state index contributed by atoms with van der Waals surface area (Å²) >= 11 is 0. The number of rotatable bonds is 9. The van der Waals surface area contributed by atoms with E-state index in [2.05, 4.69) is 16.0 Å². The second kappa shape index (κ2) is 9.79. The maximum absolute atomic E-state index is 11.8. The number of fused-ring (bicyclic) bond motifs is 1. The molecule has 0 aromatic heterocycles. The Morgan fingerprint density at radius 3 is 2.90 bits per heavy atom. The number of aliphatic hydroxyl groups is 1. The van der Waals surface area contributed by atoms with Crippen molar-refractivity contribution in [2.75, 3.05) is 35.7 Å². The fourth-order valence-electron chi connectivity index (χ4n) is 3.29. The van der Waals surface area contributed by atoms with E-state index in [4.69, 9.17) is 15.6 Å². The molecule has 29 heavy (non-hydrogen) atoms. The number of primary amides is 1. The number of amides is 3. The Labute approximate surface area is 169 Å². The van der Waals surface area contributed by atoms with Crippen LogP contribution in [0.4, 0.5) is 21.9 Å². The first kappa shape index (κ1) is 20.5. The minimum Gasteiger partial charge on any atom is -0.493 e. The van der Waals surface area contributed by atoms with E-state index in [-0.39, 0.29) is 12.5 Å². The maximum Gasteiger partial charge on any atom is 0.316 e. The molecule has 1 aliphatic rings. The summed E-state index contributed by atoms with van der Waals surface area (Å²) in [5.41, 5.74) is 9.19. The fraction of sp³-hybridized carbons (Fsp3) is 0.333. The Morgan fingerprint density at radius 1 is 1.24 bits per heavy atom. The molecule has 0 saturated heterocycles. The van der Waals surface area contributed by atoms with Gasteiger partial charge < -0.3 is 31.5 Å². The van der Waals surface area contributed by atoms with Gasteiger partial charge in [0.1, 0.15) is 5.75 Å². The number of urea groups is 1. The summed E-state index contributed by atoms with van der Waals surface area (Å²) in [6.07, 6.45) is 2.34. The van der Waals surface area contributed by atoms with Crippen LogP contribution in [-0.2, 0) is 17.6 Å². The topological polar surface area (TPSA) is 126 Å². The smallest absolute Gasteiger partial charge is 0.316 e. The molecule has 0 atom stereocenters. The minimum atomic E-state index is -0.685. The summed E-state index contributed by atoms with van der Waals surface area (Å²) in [7, 11) is 0. The number of hydrogen-bond acceptors (Lipinski definition) is 5. The molecule has 2 aromatic rings. The molecule has 0 bridgehead atoms. The molecule has 154 valence electrons. The lowest BCUT2D eigenvalue weighted by Crippen LogP contribution is -2.24. The Balaban J connectivity index is 1.55. The van der Waals surface area contributed by atoms with Gasteiger partial charge in [0.15, 0.2) is 0 Å². The second-order valence-corrected chi connectivity index (χ2v) is 6.81. The minimum absolute atomic E-state index is 0.102. The predicted molar refractivity (Wildman–Crippen MR) is 112 cm³/mol. The molecular formula is C21H26N4O4. The van der Waals surface area contributed by atoms with Gasteiger partial charge >= 0.3 is 6.03 Å². The molecule has 0 radical (unpaired) electrons. The molecule has 2 aromatic carbocycles. The van der Waals surface area contributed by atoms with Gasteiger partial charge in [-0.3, -0.25) is 4.79 Å². The third-order valence-corrected chi connectivity index (χ3v) is 4.63. The highest BCUT2D eigenvalue weighted by molar-refractivity contribution is 6.02. The standard InChI is InChI=1S/C21H26N4O4/c22-21(28)24-17-6-7-18(16-5-8-19(27)25-20(16)17)29-12-2-10-23-15-4-1-3-14(13-15)9-11-26/h1,3-4,6-7,13,23,26H,2,5,8-12H2,(H,25,27)(H3,22,24,28). The molecule has 1 heterocycles. The van der Waals surface area contributed by atoms with E-state index in [1.54, 1.807) is 12.1 Å². The Bertz CT molecular complexity index is 885. The first-order valence-corrected chi connectivity index (χ1v) is 9.65. The monoisotopic (exact) mass is 398 g/mol. The fourth-order valence-corrected chi connectivity index (χ4v) is 3.29. The highest BCUT2D eigenvalue weighted by atomic mass is 16.5. The van der Waals surface area contributed by atoms with E-state index in [0.717, 1.165) is 29.8 Å². The number of anilines is 3. The molecule has 0 fully saturated rings. The molecule has 3 amide bonds. The number of nitrogens with one attached hydrogen (secondary N) is 3. The van der Waals surface area contributed by atoms with E-state index in [9.17, 15) is 9.59 Å². The third kappa shape index (κ3) is 5.61. The number of ether oxygens (including phenoxy) is 1. The van der Waals surface area contributed by atoms with Gasteiger partial charge in [-0.2, -0.15) is 0 Å². The van der Waals surface area contributed by atoms with Crippen LogP contribution in [0, 0.1) is 0 Å². The zero-order valence-electron chi connectivity index (χ0n) is 16.2. The van der Waals surface area contributed by atoms with E-state index < -0.39 is 6.03 Å². The van der Waals surface area contributed by atoms with Gasteiger partial charge in [0.25, 0.3) is 0 Å². The molecule has 0 aliphatic carbocycles. The summed E-state index contributed by atoms with van der Waals surface area (Å²) in [5, 5.41) is 17.7. The van der Waals surface area contributed by atoms with Crippen molar-refractivity contribution in [2.45, 2.75) is 25.7 Å². The van der Waals surface area contributed by atoms with E-state index >= 15 is 0 Å². The van der Waals surface area contributed by atoms with Crippen molar-refractivity contribution in [3.63, 3.8) is 0 Å². The lowest BCUT2D eigenvalue weighted by molar-refractivity contribution is -0.116. The molecular weight excluding hydrogens is 372 g/mol. The quantitative estimate of drug-likeness (QED) is 0.415. The van der Waals surface area contributed by atoms with Gasteiger partial charge in [-0.25, -0.2) is 4.79 Å². The van der Waals surface area contributed by atoms with E-state index in [1.165, 1.54) is 0 Å². The number of hydrogen-bond donors (Lipinski definition) is 5. The van der Waals surface area contributed by atoms with Crippen molar-refractivity contribution in [3.05, 3.63) is 47.5 Å². The Hall–Kier alpha value is -3.26. The summed E-state index contributed by atoms with van der Waals surface area (Å²) in [5.74, 6) is 0.592. The van der Waals surface area contributed by atoms with Crippen LogP contribution in [-0.4, -0.2) is 36.8 Å². The molecule has 0 spiro atoms. The van der Waals surface area contributed by atoms with Crippen molar-refractivity contribution in [3.8, 4) is 5.75 Å². The normalized spacial score (nSPS) is 12.7. The molecule has 6 N–H and O–H groups in total. The largest absolute Gasteiger partial charge is 0.493 e. The maximum atomic E-state index is 11.8. The van der Waals surface area contributed by atoms with Gasteiger partial charge in [0, 0.05) is 30.8 Å². The summed E-state index contributed by atoms with van der Waals surface area (Å²) < 4.78 is 5.93. The number of carbonyl (C=O) groups is 2. The molecule has 8 nitrogen and oxygen atoms in total. The zero-order chi connectivity index (χ0) is 20.6. The molecule has 0 unspecified atom stereocenters. The first-order chi connectivity index (χ1) is 14.1. The number of benzene rings is 2. The molecule has 8 heteroatoms. The summed E-state index contributed by atoms with van der Waals surface area (Å²) in [4.78, 5) is 22.9. The SMILES string of the molecule is NC(=O)Nc1ccc(OCCCNc2cccc(CCO)c2)c2c1NC(=O)CC2. The lowest BCUT2D eigenvalue weighted by Gasteiger charge is -2.23. The predicted octanol–water partition coefficient (Wildman–Crippen LogP) is 2.48. The molecule has 0 saturated carbocycles.